The summed E-state index contributed by atoms with van der Waals surface area (Å²) in [7, 11) is -0.393. The van der Waals surface area contributed by atoms with Gasteiger partial charge in [0.25, 0.3) is 0 Å². The number of nitrogens with zero attached hydrogens (tertiary/aromatic N) is 2. The second kappa shape index (κ2) is 6.59. The van der Waals surface area contributed by atoms with Crippen LogP contribution < -0.4 is 5.46 Å². The molecule has 0 unspecified atom stereocenters. The average molecular weight is 358 g/mol. The van der Waals surface area contributed by atoms with E-state index >= 15 is 0 Å². The normalized spacial score (nSPS) is 17.9. The van der Waals surface area contributed by atoms with Crippen LogP contribution in [0.1, 0.15) is 27.7 Å². The lowest BCUT2D eigenvalue weighted by Crippen LogP contribution is -2.41. The van der Waals surface area contributed by atoms with Gasteiger partial charge < -0.3 is 9.31 Å². The van der Waals surface area contributed by atoms with Gasteiger partial charge >= 0.3 is 7.12 Å². The molecule has 0 saturated carbocycles. The van der Waals surface area contributed by atoms with Crippen LogP contribution >= 0.6 is 0 Å². The molecule has 0 spiro atoms. The molecule has 0 radical (unpaired) electrons. The monoisotopic (exact) mass is 358 g/mol. The molecule has 0 atom stereocenters. The lowest BCUT2D eigenvalue weighted by atomic mass is 9.80. The van der Waals surface area contributed by atoms with E-state index in [9.17, 15) is 0 Å². The van der Waals surface area contributed by atoms with Crippen LogP contribution in [0.25, 0.3) is 22.5 Å². The highest BCUT2D eigenvalue weighted by atomic mass is 16.7. The van der Waals surface area contributed by atoms with Crippen LogP contribution in [0.2, 0.25) is 0 Å². The van der Waals surface area contributed by atoms with E-state index in [0.29, 0.717) is 0 Å². The second-order valence-electron chi connectivity index (χ2n) is 7.86. The Hall–Kier alpha value is -2.50. The van der Waals surface area contributed by atoms with E-state index < -0.39 is 7.12 Å². The minimum Gasteiger partial charge on any atom is -0.399 e. The molecule has 3 heterocycles. The molecule has 1 aromatic carbocycles. The van der Waals surface area contributed by atoms with E-state index in [-0.39, 0.29) is 11.2 Å². The maximum atomic E-state index is 6.09. The zero-order valence-electron chi connectivity index (χ0n) is 16.1. The highest BCUT2D eigenvalue weighted by Crippen LogP contribution is 2.36. The Kier molecular flexibility index (Phi) is 4.37. The van der Waals surface area contributed by atoms with Crippen LogP contribution in [0.4, 0.5) is 0 Å². The van der Waals surface area contributed by atoms with Crippen LogP contribution in [0, 0.1) is 0 Å². The predicted octanol–water partition coefficient (Wildman–Crippen LogP) is 4.11. The third-order valence-corrected chi connectivity index (χ3v) is 5.44. The lowest BCUT2D eigenvalue weighted by molar-refractivity contribution is 0.00578. The summed E-state index contributed by atoms with van der Waals surface area (Å²) in [4.78, 5) is 9.17. The topological polar surface area (TPSA) is 44.2 Å². The van der Waals surface area contributed by atoms with E-state index in [1.807, 2.05) is 54.9 Å². The van der Waals surface area contributed by atoms with E-state index in [1.54, 1.807) is 0 Å². The van der Waals surface area contributed by atoms with Crippen molar-refractivity contribution in [2.45, 2.75) is 38.9 Å². The minimum atomic E-state index is -0.393. The standard InChI is InChI=1S/C22H23BN2O2/c1-21(2)22(3,4)27-23(26-21)18-11-13-20(25-15-18)17-10-12-19(24-14-17)16-8-6-5-7-9-16/h5-15H,1-4H3. The summed E-state index contributed by atoms with van der Waals surface area (Å²) in [6.07, 6.45) is 3.68. The van der Waals surface area contributed by atoms with Crippen LogP contribution in [0.3, 0.4) is 0 Å². The van der Waals surface area contributed by atoms with Gasteiger partial charge in [-0.15, -0.1) is 0 Å². The Bertz CT molecular complexity index is 907. The molecule has 0 bridgehead atoms. The molecule has 2 aromatic heterocycles. The highest BCUT2D eigenvalue weighted by Gasteiger charge is 2.51. The Morgan fingerprint density at radius 3 is 1.81 bits per heavy atom. The fraction of sp³-hybridized carbons (Fsp3) is 0.273. The molecule has 0 N–H and O–H groups in total. The quantitative estimate of drug-likeness (QED) is 0.661. The fourth-order valence-corrected chi connectivity index (χ4v) is 3.02. The van der Waals surface area contributed by atoms with Gasteiger partial charge in [0.05, 0.1) is 22.6 Å². The van der Waals surface area contributed by atoms with Crippen molar-refractivity contribution >= 4 is 12.6 Å². The van der Waals surface area contributed by atoms with E-state index in [4.69, 9.17) is 9.31 Å². The Labute approximate surface area is 160 Å². The fourth-order valence-electron chi connectivity index (χ4n) is 3.02. The number of pyridine rings is 2. The van der Waals surface area contributed by atoms with Crippen LogP contribution in [0.5, 0.6) is 0 Å². The summed E-state index contributed by atoms with van der Waals surface area (Å²) in [5.41, 5.74) is 4.13. The third-order valence-electron chi connectivity index (χ3n) is 5.44. The zero-order chi connectivity index (χ0) is 19.1. The summed E-state index contributed by atoms with van der Waals surface area (Å²) in [6.45, 7) is 8.20. The van der Waals surface area contributed by atoms with E-state index in [2.05, 4.69) is 49.8 Å². The van der Waals surface area contributed by atoms with E-state index in [0.717, 1.165) is 28.0 Å². The summed E-state index contributed by atoms with van der Waals surface area (Å²) < 4.78 is 12.2. The Morgan fingerprint density at radius 1 is 0.667 bits per heavy atom. The van der Waals surface area contributed by atoms with Gasteiger partial charge in [-0.3, -0.25) is 9.97 Å². The molecular weight excluding hydrogens is 335 g/mol. The van der Waals surface area contributed by atoms with Crippen LogP contribution in [-0.2, 0) is 9.31 Å². The lowest BCUT2D eigenvalue weighted by Gasteiger charge is -2.32. The third kappa shape index (κ3) is 3.40. The first-order valence-corrected chi connectivity index (χ1v) is 9.19. The van der Waals surface area contributed by atoms with Crippen molar-refractivity contribution in [2.24, 2.45) is 0 Å². The van der Waals surface area contributed by atoms with Crippen molar-refractivity contribution in [1.82, 2.24) is 9.97 Å². The van der Waals surface area contributed by atoms with Gasteiger partial charge in [0, 0.05) is 29.0 Å². The highest BCUT2D eigenvalue weighted by molar-refractivity contribution is 6.62. The molecular formula is C22H23BN2O2. The van der Waals surface area contributed by atoms with Crippen molar-refractivity contribution in [3.05, 3.63) is 67.0 Å². The minimum absolute atomic E-state index is 0.354. The van der Waals surface area contributed by atoms with Gasteiger partial charge in [0.15, 0.2) is 0 Å². The summed E-state index contributed by atoms with van der Waals surface area (Å²) in [6, 6.07) is 18.2. The molecule has 1 aliphatic heterocycles. The maximum Gasteiger partial charge on any atom is 0.496 e. The van der Waals surface area contributed by atoms with Gasteiger partial charge in [-0.05, 0) is 45.9 Å². The van der Waals surface area contributed by atoms with Crippen molar-refractivity contribution < 1.29 is 9.31 Å². The van der Waals surface area contributed by atoms with Crippen molar-refractivity contribution in [3.63, 3.8) is 0 Å². The summed E-state index contributed by atoms with van der Waals surface area (Å²) in [5.74, 6) is 0. The number of hydrogen-bond acceptors (Lipinski definition) is 4. The molecule has 1 aliphatic rings. The molecule has 3 aromatic rings. The molecule has 0 aliphatic carbocycles. The van der Waals surface area contributed by atoms with Crippen molar-refractivity contribution in [3.8, 4) is 22.5 Å². The average Bonchev–Trinajstić information content (AvgIpc) is 2.90. The SMILES string of the molecule is CC1(C)OB(c2ccc(-c3ccc(-c4ccccc4)nc3)nc2)OC1(C)C. The number of rotatable bonds is 3. The molecule has 4 rings (SSSR count). The molecule has 27 heavy (non-hydrogen) atoms. The smallest absolute Gasteiger partial charge is 0.399 e. The first-order chi connectivity index (χ1) is 12.9. The van der Waals surface area contributed by atoms with Gasteiger partial charge in [0.2, 0.25) is 0 Å². The van der Waals surface area contributed by atoms with Crippen LogP contribution in [-0.4, -0.2) is 28.3 Å². The zero-order valence-corrected chi connectivity index (χ0v) is 16.1. The Morgan fingerprint density at radius 2 is 1.26 bits per heavy atom. The Balaban J connectivity index is 1.53. The second-order valence-corrected chi connectivity index (χ2v) is 7.86. The summed E-state index contributed by atoms with van der Waals surface area (Å²) in [5, 5.41) is 0. The van der Waals surface area contributed by atoms with Gasteiger partial charge in [0.1, 0.15) is 0 Å². The van der Waals surface area contributed by atoms with Gasteiger partial charge in [-0.1, -0.05) is 36.4 Å². The largest absolute Gasteiger partial charge is 0.496 e. The molecule has 4 nitrogen and oxygen atoms in total. The number of benzene rings is 1. The van der Waals surface area contributed by atoms with E-state index in [1.165, 1.54) is 0 Å². The number of aromatic nitrogens is 2. The van der Waals surface area contributed by atoms with Gasteiger partial charge in [-0.2, -0.15) is 0 Å². The van der Waals surface area contributed by atoms with Gasteiger partial charge in [-0.25, -0.2) is 0 Å². The molecule has 1 fully saturated rings. The molecule has 0 amide bonds. The molecule has 136 valence electrons. The first kappa shape index (κ1) is 17.9. The first-order valence-electron chi connectivity index (χ1n) is 9.19. The molecule has 1 saturated heterocycles. The maximum absolute atomic E-state index is 6.09. The van der Waals surface area contributed by atoms with Crippen LogP contribution in [0.15, 0.2) is 67.0 Å². The number of hydrogen-bond donors (Lipinski definition) is 0. The summed E-state index contributed by atoms with van der Waals surface area (Å²) >= 11 is 0. The van der Waals surface area contributed by atoms with Crippen molar-refractivity contribution in [2.75, 3.05) is 0 Å². The van der Waals surface area contributed by atoms with Crippen molar-refractivity contribution in [1.29, 1.82) is 0 Å². The molecule has 5 heteroatoms. The predicted molar refractivity (Wildman–Crippen MR) is 109 cm³/mol.